The summed E-state index contributed by atoms with van der Waals surface area (Å²) >= 11 is 1.71. The van der Waals surface area contributed by atoms with E-state index in [-0.39, 0.29) is 24.5 Å². The first-order valence-corrected chi connectivity index (χ1v) is 8.58. The largest absolute Gasteiger partial charge is 0.396 e. The van der Waals surface area contributed by atoms with Crippen molar-refractivity contribution in [3.8, 4) is 0 Å². The van der Waals surface area contributed by atoms with E-state index < -0.39 is 0 Å². The topological polar surface area (TPSA) is 52.6 Å². The Morgan fingerprint density at radius 1 is 1.53 bits per heavy atom. The van der Waals surface area contributed by atoms with Crippen LogP contribution in [-0.4, -0.2) is 60.2 Å². The lowest BCUT2D eigenvalue weighted by Gasteiger charge is -2.20. The van der Waals surface area contributed by atoms with Crippen molar-refractivity contribution < 1.29 is 9.90 Å². The molecule has 2 unspecified atom stereocenters. The molecule has 4 nitrogen and oxygen atoms in total. The first-order valence-electron chi connectivity index (χ1n) is 7.19. The summed E-state index contributed by atoms with van der Waals surface area (Å²) in [5, 5.41) is 12.1. The second-order valence-electron chi connectivity index (χ2n) is 5.81. The molecule has 1 saturated heterocycles. The van der Waals surface area contributed by atoms with E-state index in [1.807, 2.05) is 6.26 Å². The van der Waals surface area contributed by atoms with Crippen LogP contribution in [0.15, 0.2) is 0 Å². The van der Waals surface area contributed by atoms with Crippen LogP contribution in [0.3, 0.4) is 0 Å². The fourth-order valence-corrected chi connectivity index (χ4v) is 3.25. The van der Waals surface area contributed by atoms with Crippen molar-refractivity contribution >= 4 is 17.7 Å². The third kappa shape index (κ3) is 6.15. The van der Waals surface area contributed by atoms with Crippen LogP contribution in [0.5, 0.6) is 0 Å². The standard InChI is InChI=1S/C14H28N2O2S/c1-11(2)8-16-6-4-12(9-16)14(18)15-13(5-7-17)10-19-3/h11-13,17H,4-10H2,1-3H3,(H,15,18). The van der Waals surface area contributed by atoms with Crippen LogP contribution < -0.4 is 5.32 Å². The summed E-state index contributed by atoms with van der Waals surface area (Å²) in [7, 11) is 0. The first-order chi connectivity index (χ1) is 9.06. The molecule has 0 aliphatic carbocycles. The van der Waals surface area contributed by atoms with Crippen molar-refractivity contribution in [1.82, 2.24) is 10.2 Å². The van der Waals surface area contributed by atoms with Crippen LogP contribution in [0, 0.1) is 11.8 Å². The van der Waals surface area contributed by atoms with Gasteiger partial charge in [0.15, 0.2) is 0 Å². The van der Waals surface area contributed by atoms with Gasteiger partial charge in [-0.1, -0.05) is 13.8 Å². The highest BCUT2D eigenvalue weighted by atomic mass is 32.2. The molecule has 2 atom stereocenters. The van der Waals surface area contributed by atoms with Crippen LogP contribution in [0.1, 0.15) is 26.7 Å². The summed E-state index contributed by atoms with van der Waals surface area (Å²) in [6.07, 6.45) is 3.63. The van der Waals surface area contributed by atoms with Gasteiger partial charge in [0.2, 0.25) is 5.91 Å². The quantitative estimate of drug-likeness (QED) is 0.704. The number of thioether (sulfide) groups is 1. The second-order valence-corrected chi connectivity index (χ2v) is 6.72. The van der Waals surface area contributed by atoms with Crippen LogP contribution in [-0.2, 0) is 4.79 Å². The summed E-state index contributed by atoms with van der Waals surface area (Å²) in [5.41, 5.74) is 0. The van der Waals surface area contributed by atoms with E-state index in [2.05, 4.69) is 24.1 Å². The molecule has 1 aliphatic heterocycles. The van der Waals surface area contributed by atoms with E-state index in [0.29, 0.717) is 12.3 Å². The van der Waals surface area contributed by atoms with E-state index >= 15 is 0 Å². The summed E-state index contributed by atoms with van der Waals surface area (Å²) in [5.74, 6) is 1.82. The number of carbonyl (C=O) groups excluding carboxylic acids is 1. The lowest BCUT2D eigenvalue weighted by molar-refractivity contribution is -0.125. The number of hydrogen-bond acceptors (Lipinski definition) is 4. The number of rotatable bonds is 8. The molecule has 1 heterocycles. The zero-order chi connectivity index (χ0) is 14.3. The lowest BCUT2D eigenvalue weighted by atomic mass is 10.1. The maximum Gasteiger partial charge on any atom is 0.224 e. The summed E-state index contributed by atoms with van der Waals surface area (Å²) in [6.45, 7) is 7.55. The minimum absolute atomic E-state index is 0.103. The third-order valence-electron chi connectivity index (χ3n) is 3.46. The molecule has 5 heteroatoms. The van der Waals surface area contributed by atoms with E-state index in [0.717, 1.165) is 31.8 Å². The Balaban J connectivity index is 2.37. The van der Waals surface area contributed by atoms with E-state index in [9.17, 15) is 4.79 Å². The molecule has 19 heavy (non-hydrogen) atoms. The van der Waals surface area contributed by atoms with Crippen molar-refractivity contribution in [3.05, 3.63) is 0 Å². The fourth-order valence-electron chi connectivity index (χ4n) is 2.60. The smallest absolute Gasteiger partial charge is 0.224 e. The molecular weight excluding hydrogens is 260 g/mol. The SMILES string of the molecule is CSCC(CCO)NC(=O)C1CCN(CC(C)C)C1. The zero-order valence-corrected chi connectivity index (χ0v) is 13.2. The Kier molecular flexibility index (Phi) is 7.80. The normalized spacial score (nSPS) is 21.8. The number of aliphatic hydroxyl groups excluding tert-OH is 1. The average Bonchev–Trinajstić information content (AvgIpc) is 2.77. The zero-order valence-electron chi connectivity index (χ0n) is 12.4. The number of nitrogens with one attached hydrogen (secondary N) is 1. The maximum absolute atomic E-state index is 12.2. The Bertz CT molecular complexity index is 268. The predicted octanol–water partition coefficient (Wildman–Crippen LogP) is 1.19. The highest BCUT2D eigenvalue weighted by Crippen LogP contribution is 2.18. The molecule has 0 saturated carbocycles. The minimum Gasteiger partial charge on any atom is -0.396 e. The van der Waals surface area contributed by atoms with Gasteiger partial charge >= 0.3 is 0 Å². The number of carbonyl (C=O) groups is 1. The van der Waals surface area contributed by atoms with Gasteiger partial charge in [-0.2, -0.15) is 11.8 Å². The molecule has 0 aromatic heterocycles. The summed E-state index contributed by atoms with van der Waals surface area (Å²) < 4.78 is 0. The van der Waals surface area contributed by atoms with Gasteiger partial charge in [-0.15, -0.1) is 0 Å². The molecule has 0 bridgehead atoms. The highest BCUT2D eigenvalue weighted by molar-refractivity contribution is 7.98. The predicted molar refractivity (Wildman–Crippen MR) is 81.4 cm³/mol. The monoisotopic (exact) mass is 288 g/mol. The average molecular weight is 288 g/mol. The second kappa shape index (κ2) is 8.82. The molecule has 0 aromatic rings. The highest BCUT2D eigenvalue weighted by Gasteiger charge is 2.29. The Hall–Kier alpha value is -0.260. The van der Waals surface area contributed by atoms with Gasteiger partial charge in [0, 0.05) is 31.5 Å². The third-order valence-corrected chi connectivity index (χ3v) is 4.19. The molecule has 0 aromatic carbocycles. The van der Waals surface area contributed by atoms with Gasteiger partial charge < -0.3 is 15.3 Å². The van der Waals surface area contributed by atoms with Gasteiger partial charge in [0.1, 0.15) is 0 Å². The van der Waals surface area contributed by atoms with Crippen molar-refractivity contribution in [2.24, 2.45) is 11.8 Å². The molecule has 112 valence electrons. The molecule has 2 N–H and O–H groups in total. The molecule has 1 fully saturated rings. The van der Waals surface area contributed by atoms with Gasteiger partial charge in [-0.3, -0.25) is 4.79 Å². The van der Waals surface area contributed by atoms with Gasteiger partial charge in [-0.05, 0) is 31.6 Å². The lowest BCUT2D eigenvalue weighted by Crippen LogP contribution is -2.41. The van der Waals surface area contributed by atoms with Gasteiger partial charge in [-0.25, -0.2) is 0 Å². The molecule has 1 aliphatic rings. The summed E-state index contributed by atoms with van der Waals surface area (Å²) in [6, 6.07) is 0.103. The molecule has 0 radical (unpaired) electrons. The van der Waals surface area contributed by atoms with Crippen molar-refractivity contribution in [2.75, 3.05) is 38.2 Å². The van der Waals surface area contributed by atoms with Crippen LogP contribution in [0.4, 0.5) is 0 Å². The van der Waals surface area contributed by atoms with Crippen molar-refractivity contribution in [1.29, 1.82) is 0 Å². The molecule has 0 spiro atoms. The van der Waals surface area contributed by atoms with Crippen LogP contribution in [0.25, 0.3) is 0 Å². The maximum atomic E-state index is 12.2. The van der Waals surface area contributed by atoms with E-state index in [4.69, 9.17) is 5.11 Å². The Morgan fingerprint density at radius 2 is 2.26 bits per heavy atom. The van der Waals surface area contributed by atoms with Crippen molar-refractivity contribution in [2.45, 2.75) is 32.7 Å². The van der Waals surface area contributed by atoms with Crippen LogP contribution in [0.2, 0.25) is 0 Å². The number of hydrogen-bond donors (Lipinski definition) is 2. The summed E-state index contributed by atoms with van der Waals surface area (Å²) in [4.78, 5) is 14.6. The number of aliphatic hydroxyl groups is 1. The van der Waals surface area contributed by atoms with E-state index in [1.165, 1.54) is 0 Å². The fraction of sp³-hybridized carbons (Fsp3) is 0.929. The molecule has 1 rings (SSSR count). The van der Waals surface area contributed by atoms with E-state index in [1.54, 1.807) is 11.8 Å². The Morgan fingerprint density at radius 3 is 2.84 bits per heavy atom. The Labute approximate surface area is 121 Å². The number of likely N-dealkylation sites (tertiary alicyclic amines) is 1. The first kappa shape index (κ1) is 16.8. The molecule has 1 amide bonds. The number of nitrogens with zero attached hydrogens (tertiary/aromatic N) is 1. The van der Waals surface area contributed by atoms with Gasteiger partial charge in [0.25, 0.3) is 0 Å². The van der Waals surface area contributed by atoms with Crippen LogP contribution >= 0.6 is 11.8 Å². The van der Waals surface area contributed by atoms with Crippen molar-refractivity contribution in [3.63, 3.8) is 0 Å². The van der Waals surface area contributed by atoms with Gasteiger partial charge in [0.05, 0.1) is 5.92 Å². The molecular formula is C14H28N2O2S. The minimum atomic E-state index is 0.103. The number of amides is 1.